The maximum atomic E-state index is 14.8. The fourth-order valence-corrected chi connectivity index (χ4v) is 3.22. The molecule has 4 rings (SSSR count). The van der Waals surface area contributed by atoms with Crippen molar-refractivity contribution in [2.24, 2.45) is 0 Å². The molecule has 3 aromatic rings. The summed E-state index contributed by atoms with van der Waals surface area (Å²) < 4.78 is 21.7. The normalized spacial score (nSPS) is 15.8. The molecule has 134 valence electrons. The Bertz CT molecular complexity index is 935. The fourth-order valence-electron chi connectivity index (χ4n) is 3.22. The van der Waals surface area contributed by atoms with Crippen LogP contribution in [0.15, 0.2) is 53.6 Å². The van der Waals surface area contributed by atoms with Gasteiger partial charge in [0.25, 0.3) is 5.56 Å². The second-order valence-corrected chi connectivity index (χ2v) is 6.05. The van der Waals surface area contributed by atoms with Gasteiger partial charge in [-0.15, -0.1) is 0 Å². The predicted molar refractivity (Wildman–Crippen MR) is 93.8 cm³/mol. The number of halogens is 1. The molecule has 1 aliphatic heterocycles. The lowest BCUT2D eigenvalue weighted by atomic mass is 10.0. The summed E-state index contributed by atoms with van der Waals surface area (Å²) in [6.07, 6.45) is 3.20. The van der Waals surface area contributed by atoms with Crippen molar-refractivity contribution in [2.75, 3.05) is 31.2 Å². The predicted octanol–water partition coefficient (Wildman–Crippen LogP) is 1.58. The second-order valence-electron chi connectivity index (χ2n) is 6.05. The lowest BCUT2D eigenvalue weighted by Crippen LogP contribution is -2.36. The van der Waals surface area contributed by atoms with E-state index in [1.54, 1.807) is 24.4 Å². The molecule has 1 atom stereocenters. The van der Waals surface area contributed by atoms with Gasteiger partial charge in [0.2, 0.25) is 0 Å². The van der Waals surface area contributed by atoms with Gasteiger partial charge in [-0.1, -0.05) is 12.1 Å². The summed E-state index contributed by atoms with van der Waals surface area (Å²) in [4.78, 5) is 14.3. The number of morpholine rings is 1. The first kappa shape index (κ1) is 16.5. The van der Waals surface area contributed by atoms with Gasteiger partial charge in [0.05, 0.1) is 25.1 Å². The number of hydrogen-bond donors (Lipinski definition) is 1. The average Bonchev–Trinajstić information content (AvgIpc) is 3.19. The van der Waals surface area contributed by atoms with Crippen LogP contribution in [0, 0.1) is 5.82 Å². The van der Waals surface area contributed by atoms with Crippen LogP contribution in [0.4, 0.5) is 10.1 Å². The van der Waals surface area contributed by atoms with Crippen LogP contribution >= 0.6 is 0 Å². The molecule has 0 radical (unpaired) electrons. The molecule has 0 spiro atoms. The van der Waals surface area contributed by atoms with Crippen molar-refractivity contribution in [3.8, 4) is 0 Å². The van der Waals surface area contributed by atoms with Crippen molar-refractivity contribution in [3.63, 3.8) is 0 Å². The summed E-state index contributed by atoms with van der Waals surface area (Å²) in [6, 6.07) is 9.36. The number of pyridine rings is 1. The summed E-state index contributed by atoms with van der Waals surface area (Å²) in [7, 11) is 0. The summed E-state index contributed by atoms with van der Waals surface area (Å²) >= 11 is 0. The minimum absolute atomic E-state index is 0.196. The van der Waals surface area contributed by atoms with Crippen LogP contribution in [-0.2, 0) is 4.74 Å². The van der Waals surface area contributed by atoms with Crippen LogP contribution in [0.1, 0.15) is 17.3 Å². The molecule has 1 N–H and O–H groups in total. The van der Waals surface area contributed by atoms with Crippen LogP contribution in [0.25, 0.3) is 0 Å². The highest BCUT2D eigenvalue weighted by atomic mass is 19.1. The van der Waals surface area contributed by atoms with E-state index in [0.717, 1.165) is 0 Å². The number of nitrogens with one attached hydrogen (secondary N) is 1. The van der Waals surface area contributed by atoms with Crippen LogP contribution in [0.2, 0.25) is 0 Å². The maximum Gasteiger partial charge on any atom is 0.251 e. The highest BCUT2D eigenvalue weighted by Crippen LogP contribution is 2.28. The number of rotatable bonds is 4. The van der Waals surface area contributed by atoms with Gasteiger partial charge in [0.1, 0.15) is 17.6 Å². The minimum atomic E-state index is -0.560. The summed E-state index contributed by atoms with van der Waals surface area (Å²) in [5.41, 5.74) is 1.51. The van der Waals surface area contributed by atoms with Crippen LogP contribution in [0.5, 0.6) is 0 Å². The van der Waals surface area contributed by atoms with Gasteiger partial charge < -0.3 is 14.2 Å². The molecule has 0 amide bonds. The Balaban J connectivity index is 1.76. The van der Waals surface area contributed by atoms with Gasteiger partial charge in [-0.2, -0.15) is 15.4 Å². The number of benzene rings is 1. The Morgan fingerprint density at radius 1 is 1.19 bits per heavy atom. The molecule has 1 aromatic carbocycles. The zero-order valence-electron chi connectivity index (χ0n) is 14.0. The molecule has 8 heteroatoms. The molecule has 0 aliphatic carbocycles. The Hall–Kier alpha value is -3.00. The average molecular weight is 355 g/mol. The highest BCUT2D eigenvalue weighted by molar-refractivity contribution is 5.50. The van der Waals surface area contributed by atoms with Gasteiger partial charge in [0, 0.05) is 25.4 Å². The van der Waals surface area contributed by atoms with E-state index in [1.807, 2.05) is 11.0 Å². The SMILES string of the molecule is O=c1ccccn1C(c1ccc(N2CCOCC2)c(F)c1)c1cn[nH]n1. The van der Waals surface area contributed by atoms with E-state index in [4.69, 9.17) is 4.74 Å². The third-order valence-corrected chi connectivity index (χ3v) is 4.48. The zero-order chi connectivity index (χ0) is 17.9. The first-order valence-electron chi connectivity index (χ1n) is 8.39. The number of aromatic nitrogens is 4. The van der Waals surface area contributed by atoms with Gasteiger partial charge in [0.15, 0.2) is 0 Å². The summed E-state index contributed by atoms with van der Waals surface area (Å²) in [6.45, 7) is 2.48. The molecule has 2 aromatic heterocycles. The molecule has 7 nitrogen and oxygen atoms in total. The van der Waals surface area contributed by atoms with E-state index in [9.17, 15) is 9.18 Å². The molecule has 1 unspecified atom stereocenters. The Morgan fingerprint density at radius 2 is 2.04 bits per heavy atom. The van der Waals surface area contributed by atoms with Gasteiger partial charge in [-0.25, -0.2) is 4.39 Å². The molecule has 26 heavy (non-hydrogen) atoms. The lowest BCUT2D eigenvalue weighted by Gasteiger charge is -2.29. The molecule has 1 aliphatic rings. The van der Waals surface area contributed by atoms with E-state index in [1.165, 1.54) is 22.9 Å². The largest absolute Gasteiger partial charge is 0.378 e. The van der Waals surface area contributed by atoms with Crippen molar-refractivity contribution in [2.45, 2.75) is 6.04 Å². The number of nitrogens with zero attached hydrogens (tertiary/aromatic N) is 4. The highest BCUT2D eigenvalue weighted by Gasteiger charge is 2.22. The number of ether oxygens (including phenoxy) is 1. The van der Waals surface area contributed by atoms with E-state index in [2.05, 4.69) is 15.4 Å². The molecule has 1 saturated heterocycles. The zero-order valence-corrected chi connectivity index (χ0v) is 14.0. The number of aromatic amines is 1. The van der Waals surface area contributed by atoms with Crippen molar-refractivity contribution in [1.82, 2.24) is 20.0 Å². The number of anilines is 1. The van der Waals surface area contributed by atoms with Gasteiger partial charge in [-0.05, 0) is 23.8 Å². The Morgan fingerprint density at radius 3 is 2.73 bits per heavy atom. The number of hydrogen-bond acceptors (Lipinski definition) is 5. The van der Waals surface area contributed by atoms with Crippen LogP contribution in [-0.4, -0.2) is 46.3 Å². The van der Waals surface area contributed by atoms with E-state index in [0.29, 0.717) is 43.2 Å². The Labute approximate surface area is 149 Å². The molecular weight excluding hydrogens is 337 g/mol. The Kier molecular flexibility index (Phi) is 4.49. The lowest BCUT2D eigenvalue weighted by molar-refractivity contribution is 0.122. The third-order valence-electron chi connectivity index (χ3n) is 4.48. The molecule has 0 bridgehead atoms. The first-order valence-corrected chi connectivity index (χ1v) is 8.39. The summed E-state index contributed by atoms with van der Waals surface area (Å²) in [5.74, 6) is -0.332. The quantitative estimate of drug-likeness (QED) is 0.769. The van der Waals surface area contributed by atoms with Gasteiger partial charge in [-0.3, -0.25) is 4.79 Å². The van der Waals surface area contributed by atoms with Crippen molar-refractivity contribution < 1.29 is 9.13 Å². The fraction of sp³-hybridized carbons (Fsp3) is 0.278. The summed E-state index contributed by atoms with van der Waals surface area (Å²) in [5, 5.41) is 10.5. The van der Waals surface area contributed by atoms with Crippen molar-refractivity contribution >= 4 is 5.69 Å². The van der Waals surface area contributed by atoms with E-state index >= 15 is 0 Å². The van der Waals surface area contributed by atoms with Crippen molar-refractivity contribution in [1.29, 1.82) is 0 Å². The topological polar surface area (TPSA) is 76.0 Å². The molecular formula is C18H18FN5O2. The first-order chi connectivity index (χ1) is 12.7. The number of H-pyrrole nitrogens is 1. The van der Waals surface area contributed by atoms with E-state index < -0.39 is 6.04 Å². The maximum absolute atomic E-state index is 14.8. The molecule has 3 heterocycles. The molecule has 1 fully saturated rings. The van der Waals surface area contributed by atoms with Crippen LogP contribution < -0.4 is 10.5 Å². The van der Waals surface area contributed by atoms with Crippen molar-refractivity contribution in [3.05, 3.63) is 76.2 Å². The third kappa shape index (κ3) is 3.11. The van der Waals surface area contributed by atoms with Crippen LogP contribution in [0.3, 0.4) is 0 Å². The van der Waals surface area contributed by atoms with E-state index in [-0.39, 0.29) is 11.4 Å². The second kappa shape index (κ2) is 7.09. The molecule has 0 saturated carbocycles. The van der Waals surface area contributed by atoms with Gasteiger partial charge >= 0.3 is 0 Å². The standard InChI is InChI=1S/C18H18FN5O2/c19-14-11-13(4-5-16(14)23-7-9-26-10-8-23)18(15-12-20-22-21-15)24-6-2-1-3-17(24)25/h1-6,11-12,18H,7-10H2,(H,20,21,22). The monoisotopic (exact) mass is 355 g/mol. The smallest absolute Gasteiger partial charge is 0.251 e. The minimum Gasteiger partial charge on any atom is -0.378 e.